The Bertz CT molecular complexity index is 238. The van der Waals surface area contributed by atoms with Crippen molar-refractivity contribution in [2.24, 2.45) is 11.8 Å². The summed E-state index contributed by atoms with van der Waals surface area (Å²) in [5.41, 5.74) is 0. The third-order valence-electron chi connectivity index (χ3n) is 2.86. The Morgan fingerprint density at radius 1 is 1.50 bits per heavy atom. The van der Waals surface area contributed by atoms with E-state index in [9.17, 15) is 10.1 Å². The molecule has 0 radical (unpaired) electrons. The second-order valence-electron chi connectivity index (χ2n) is 3.42. The van der Waals surface area contributed by atoms with Crippen LogP contribution in [0.1, 0.15) is 6.42 Å². The van der Waals surface area contributed by atoms with Crippen molar-refractivity contribution in [2.75, 3.05) is 7.11 Å². The van der Waals surface area contributed by atoms with E-state index < -0.39 is 6.04 Å². The van der Waals surface area contributed by atoms with Crippen LogP contribution in [-0.4, -0.2) is 24.2 Å². The maximum absolute atomic E-state index is 10.7. The summed E-state index contributed by atoms with van der Waals surface area (Å²) in [6.45, 7) is 0. The van der Waals surface area contributed by atoms with Gasteiger partial charge in [-0.25, -0.2) is 0 Å². The molecule has 1 saturated carbocycles. The van der Waals surface area contributed by atoms with Crippen LogP contribution in [0.2, 0.25) is 0 Å². The first-order valence-corrected chi connectivity index (χ1v) is 4.08. The molecule has 2 rings (SSSR count). The van der Waals surface area contributed by atoms with Crippen molar-refractivity contribution in [1.82, 2.24) is 0 Å². The van der Waals surface area contributed by atoms with Crippen LogP contribution in [0.5, 0.6) is 0 Å². The van der Waals surface area contributed by atoms with E-state index >= 15 is 0 Å². The van der Waals surface area contributed by atoms with Crippen LogP contribution in [0.15, 0.2) is 12.2 Å². The van der Waals surface area contributed by atoms with Gasteiger partial charge in [-0.3, -0.25) is 10.1 Å². The minimum absolute atomic E-state index is 0.106. The molecule has 2 unspecified atom stereocenters. The lowest BCUT2D eigenvalue weighted by Gasteiger charge is -2.19. The summed E-state index contributed by atoms with van der Waals surface area (Å²) in [6.07, 6.45) is 4.69. The highest BCUT2D eigenvalue weighted by atomic mass is 16.6. The van der Waals surface area contributed by atoms with Crippen molar-refractivity contribution in [2.45, 2.75) is 18.6 Å². The van der Waals surface area contributed by atoms with E-state index in [1.165, 1.54) is 0 Å². The molecule has 2 aliphatic carbocycles. The van der Waals surface area contributed by atoms with Gasteiger partial charge in [0.15, 0.2) is 0 Å². The van der Waals surface area contributed by atoms with Gasteiger partial charge in [0.25, 0.3) is 0 Å². The van der Waals surface area contributed by atoms with Crippen LogP contribution in [-0.2, 0) is 4.74 Å². The van der Waals surface area contributed by atoms with E-state index in [-0.39, 0.29) is 22.9 Å². The lowest BCUT2D eigenvalue weighted by molar-refractivity contribution is -0.538. The zero-order valence-corrected chi connectivity index (χ0v) is 6.84. The molecule has 2 bridgehead atoms. The third-order valence-corrected chi connectivity index (χ3v) is 2.86. The van der Waals surface area contributed by atoms with Gasteiger partial charge in [0.1, 0.15) is 6.10 Å². The Morgan fingerprint density at radius 3 is 2.67 bits per heavy atom. The fraction of sp³-hybridized carbons (Fsp3) is 0.750. The Kier molecular flexibility index (Phi) is 1.65. The molecule has 0 amide bonds. The molecule has 1 fully saturated rings. The van der Waals surface area contributed by atoms with Crippen LogP contribution in [0.4, 0.5) is 0 Å². The summed E-state index contributed by atoms with van der Waals surface area (Å²) in [7, 11) is 1.55. The largest absolute Gasteiger partial charge is 0.374 e. The van der Waals surface area contributed by atoms with Crippen LogP contribution < -0.4 is 0 Å². The summed E-state index contributed by atoms with van der Waals surface area (Å²) in [5, 5.41) is 10.7. The fourth-order valence-electron chi connectivity index (χ4n) is 2.34. The minimum Gasteiger partial charge on any atom is -0.374 e. The Balaban J connectivity index is 2.23. The molecule has 4 atom stereocenters. The van der Waals surface area contributed by atoms with E-state index in [0.717, 1.165) is 6.42 Å². The molecule has 0 aliphatic heterocycles. The van der Waals surface area contributed by atoms with Gasteiger partial charge >= 0.3 is 0 Å². The molecular weight excluding hydrogens is 158 g/mol. The van der Waals surface area contributed by atoms with E-state index in [2.05, 4.69) is 0 Å². The highest BCUT2D eigenvalue weighted by Gasteiger charge is 2.52. The second kappa shape index (κ2) is 2.55. The number of ether oxygens (including phenoxy) is 1. The first-order chi connectivity index (χ1) is 5.74. The molecule has 0 N–H and O–H groups in total. The maximum Gasteiger partial charge on any atom is 0.245 e. The predicted octanol–water partition coefficient (Wildman–Crippen LogP) is 0.853. The number of fused-ring (bicyclic) bond motifs is 2. The summed E-state index contributed by atoms with van der Waals surface area (Å²) in [4.78, 5) is 10.4. The van der Waals surface area contributed by atoms with Gasteiger partial charge in [-0.2, -0.15) is 0 Å². The van der Waals surface area contributed by atoms with Crippen LogP contribution >= 0.6 is 0 Å². The summed E-state index contributed by atoms with van der Waals surface area (Å²) >= 11 is 0. The minimum atomic E-state index is -0.509. The lowest BCUT2D eigenvalue weighted by Crippen LogP contribution is -2.38. The third kappa shape index (κ3) is 0.876. The number of nitro groups is 1. The summed E-state index contributed by atoms with van der Waals surface area (Å²) in [6, 6.07) is -0.509. The van der Waals surface area contributed by atoms with Crippen molar-refractivity contribution in [1.29, 1.82) is 0 Å². The molecule has 0 aromatic carbocycles. The highest BCUT2D eigenvalue weighted by Crippen LogP contribution is 2.41. The SMILES string of the molecule is CO[C@@H]1C2C=CC(C2)[C@H]1[N+](=O)[O-]. The van der Waals surface area contributed by atoms with E-state index in [1.807, 2.05) is 12.2 Å². The van der Waals surface area contributed by atoms with Gasteiger partial charge in [-0.1, -0.05) is 12.2 Å². The van der Waals surface area contributed by atoms with Gasteiger partial charge in [-0.05, 0) is 6.42 Å². The average Bonchev–Trinajstić information content (AvgIpc) is 2.60. The van der Waals surface area contributed by atoms with Crippen molar-refractivity contribution in [3.63, 3.8) is 0 Å². The smallest absolute Gasteiger partial charge is 0.245 e. The number of methoxy groups -OCH3 is 1. The van der Waals surface area contributed by atoms with Gasteiger partial charge in [0.05, 0.1) is 0 Å². The first-order valence-electron chi connectivity index (χ1n) is 4.08. The Morgan fingerprint density at radius 2 is 2.17 bits per heavy atom. The molecular formula is C8H11NO3. The number of hydrogen-bond donors (Lipinski definition) is 0. The first kappa shape index (κ1) is 7.73. The monoisotopic (exact) mass is 169 g/mol. The molecule has 12 heavy (non-hydrogen) atoms. The van der Waals surface area contributed by atoms with Gasteiger partial charge < -0.3 is 4.74 Å². The molecule has 0 heterocycles. The predicted molar refractivity (Wildman–Crippen MR) is 42.3 cm³/mol. The Labute approximate surface area is 70.4 Å². The topological polar surface area (TPSA) is 52.4 Å². The maximum atomic E-state index is 10.7. The number of rotatable bonds is 2. The van der Waals surface area contributed by atoms with E-state index in [4.69, 9.17) is 4.74 Å². The quantitative estimate of drug-likeness (QED) is 0.350. The number of hydrogen-bond acceptors (Lipinski definition) is 3. The summed E-state index contributed by atoms with van der Waals surface area (Å²) in [5.74, 6) is 0.380. The molecule has 0 aromatic rings. The van der Waals surface area contributed by atoms with Crippen molar-refractivity contribution >= 4 is 0 Å². The number of nitrogens with zero attached hydrogens (tertiary/aromatic N) is 1. The zero-order valence-electron chi connectivity index (χ0n) is 6.84. The standard InChI is InChI=1S/C8H11NO3/c1-12-8-6-3-2-5(4-6)7(8)9(10)11/h2-3,5-8H,4H2,1H3/t5?,6?,7-,8-/m1/s1. The molecule has 0 aromatic heterocycles. The zero-order chi connectivity index (χ0) is 8.72. The normalized spacial score (nSPS) is 43.8. The molecule has 4 nitrogen and oxygen atoms in total. The molecule has 4 heteroatoms. The fourth-order valence-corrected chi connectivity index (χ4v) is 2.34. The lowest BCUT2D eigenvalue weighted by atomic mass is 9.99. The Hall–Kier alpha value is -0.900. The van der Waals surface area contributed by atoms with Gasteiger partial charge in [0, 0.05) is 23.9 Å². The van der Waals surface area contributed by atoms with Crippen molar-refractivity contribution in [3.05, 3.63) is 22.3 Å². The van der Waals surface area contributed by atoms with Crippen molar-refractivity contribution < 1.29 is 9.66 Å². The molecule has 2 aliphatic rings. The average molecular weight is 169 g/mol. The summed E-state index contributed by atoms with van der Waals surface area (Å²) < 4.78 is 5.13. The van der Waals surface area contributed by atoms with Crippen LogP contribution in [0.25, 0.3) is 0 Å². The molecule has 0 saturated heterocycles. The van der Waals surface area contributed by atoms with Crippen LogP contribution in [0.3, 0.4) is 0 Å². The highest BCUT2D eigenvalue weighted by molar-refractivity contribution is 5.15. The van der Waals surface area contributed by atoms with Crippen LogP contribution in [0, 0.1) is 22.0 Å². The van der Waals surface area contributed by atoms with E-state index in [1.54, 1.807) is 7.11 Å². The van der Waals surface area contributed by atoms with Gasteiger partial charge in [0.2, 0.25) is 6.04 Å². The second-order valence-corrected chi connectivity index (χ2v) is 3.42. The van der Waals surface area contributed by atoms with Crippen molar-refractivity contribution in [3.8, 4) is 0 Å². The molecule has 66 valence electrons. The molecule has 0 spiro atoms. The van der Waals surface area contributed by atoms with E-state index in [0.29, 0.717) is 0 Å². The van der Waals surface area contributed by atoms with Gasteiger partial charge in [-0.15, -0.1) is 0 Å².